The second kappa shape index (κ2) is 5.87. The van der Waals surface area contributed by atoms with E-state index < -0.39 is 0 Å². The third-order valence-electron chi connectivity index (χ3n) is 2.90. The van der Waals surface area contributed by atoms with Crippen LogP contribution in [0.2, 0.25) is 0 Å². The molecule has 1 N–H and O–H groups in total. The molecule has 1 fully saturated rings. The molecule has 18 heavy (non-hydrogen) atoms. The van der Waals surface area contributed by atoms with Crippen molar-refractivity contribution in [3.05, 3.63) is 29.8 Å². The Bertz CT molecular complexity index is 413. The summed E-state index contributed by atoms with van der Waals surface area (Å²) in [4.78, 5) is 11.5. The Labute approximate surface area is 107 Å². The lowest BCUT2D eigenvalue weighted by Gasteiger charge is -2.26. The first-order valence-corrected chi connectivity index (χ1v) is 6.25. The molecule has 0 radical (unpaired) electrons. The van der Waals surface area contributed by atoms with Crippen molar-refractivity contribution in [1.82, 2.24) is 5.32 Å². The van der Waals surface area contributed by atoms with Crippen molar-refractivity contribution >= 4 is 5.91 Å². The van der Waals surface area contributed by atoms with Gasteiger partial charge in [0.1, 0.15) is 5.75 Å². The molecule has 0 aliphatic carbocycles. The summed E-state index contributed by atoms with van der Waals surface area (Å²) < 4.78 is 10.5. The van der Waals surface area contributed by atoms with Gasteiger partial charge in [0, 0.05) is 0 Å². The topological polar surface area (TPSA) is 47.6 Å². The van der Waals surface area contributed by atoms with Crippen molar-refractivity contribution in [3.8, 4) is 5.75 Å². The lowest BCUT2D eigenvalue weighted by molar-refractivity contribution is -0.127. The van der Waals surface area contributed by atoms with Crippen LogP contribution in [0.5, 0.6) is 5.75 Å². The SMILES string of the molecule is CC(C)c1cccc(OCC(=O)NC2COC2)c1. The van der Waals surface area contributed by atoms with Crippen LogP contribution in [0.1, 0.15) is 25.3 Å². The number of nitrogens with one attached hydrogen (secondary N) is 1. The summed E-state index contributed by atoms with van der Waals surface area (Å²) in [6.45, 7) is 5.52. The number of ether oxygens (including phenoxy) is 2. The van der Waals surface area contributed by atoms with Crippen LogP contribution in [-0.4, -0.2) is 31.8 Å². The zero-order valence-corrected chi connectivity index (χ0v) is 10.8. The van der Waals surface area contributed by atoms with E-state index in [0.717, 1.165) is 5.75 Å². The molecule has 0 atom stereocenters. The fourth-order valence-corrected chi connectivity index (χ4v) is 1.70. The van der Waals surface area contributed by atoms with Crippen LogP contribution >= 0.6 is 0 Å². The molecular formula is C14H19NO3. The molecule has 0 bridgehead atoms. The van der Waals surface area contributed by atoms with E-state index in [9.17, 15) is 4.79 Å². The van der Waals surface area contributed by atoms with Crippen molar-refractivity contribution in [2.75, 3.05) is 19.8 Å². The van der Waals surface area contributed by atoms with Gasteiger partial charge in [-0.25, -0.2) is 0 Å². The predicted molar refractivity (Wildman–Crippen MR) is 68.8 cm³/mol. The van der Waals surface area contributed by atoms with E-state index in [4.69, 9.17) is 9.47 Å². The van der Waals surface area contributed by atoms with Crippen molar-refractivity contribution < 1.29 is 14.3 Å². The average molecular weight is 249 g/mol. The van der Waals surface area contributed by atoms with E-state index in [2.05, 4.69) is 25.2 Å². The maximum Gasteiger partial charge on any atom is 0.258 e. The Balaban J connectivity index is 1.81. The van der Waals surface area contributed by atoms with Gasteiger partial charge in [0.2, 0.25) is 0 Å². The Morgan fingerprint density at radius 1 is 1.50 bits per heavy atom. The Morgan fingerprint density at radius 2 is 2.28 bits per heavy atom. The van der Waals surface area contributed by atoms with E-state index in [1.165, 1.54) is 5.56 Å². The molecule has 1 saturated heterocycles. The fraction of sp³-hybridized carbons (Fsp3) is 0.500. The fourth-order valence-electron chi connectivity index (χ4n) is 1.70. The van der Waals surface area contributed by atoms with Crippen LogP contribution < -0.4 is 10.1 Å². The maximum absolute atomic E-state index is 11.5. The number of benzene rings is 1. The third-order valence-corrected chi connectivity index (χ3v) is 2.90. The van der Waals surface area contributed by atoms with E-state index in [1.54, 1.807) is 0 Å². The smallest absolute Gasteiger partial charge is 0.258 e. The van der Waals surface area contributed by atoms with Crippen molar-refractivity contribution in [2.24, 2.45) is 0 Å². The monoisotopic (exact) mass is 249 g/mol. The number of carbonyl (C=O) groups is 1. The molecule has 0 aromatic heterocycles. The van der Waals surface area contributed by atoms with E-state index in [0.29, 0.717) is 19.1 Å². The van der Waals surface area contributed by atoms with Gasteiger partial charge in [-0.1, -0.05) is 26.0 Å². The highest BCUT2D eigenvalue weighted by molar-refractivity contribution is 5.77. The molecule has 1 aliphatic heterocycles. The molecule has 0 saturated carbocycles. The lowest BCUT2D eigenvalue weighted by Crippen LogP contribution is -2.49. The second-order valence-electron chi connectivity index (χ2n) is 4.82. The van der Waals surface area contributed by atoms with E-state index in [-0.39, 0.29) is 18.6 Å². The number of amides is 1. The van der Waals surface area contributed by atoms with Crippen LogP contribution in [0.15, 0.2) is 24.3 Å². The first-order valence-electron chi connectivity index (χ1n) is 6.25. The molecule has 1 amide bonds. The van der Waals surface area contributed by atoms with Gasteiger partial charge in [-0.3, -0.25) is 4.79 Å². The largest absolute Gasteiger partial charge is 0.484 e. The number of hydrogen-bond acceptors (Lipinski definition) is 3. The summed E-state index contributed by atoms with van der Waals surface area (Å²) in [7, 11) is 0. The minimum atomic E-state index is -0.0988. The first-order chi connectivity index (χ1) is 8.65. The molecular weight excluding hydrogens is 230 g/mol. The highest BCUT2D eigenvalue weighted by Gasteiger charge is 2.20. The molecule has 0 spiro atoms. The zero-order valence-electron chi connectivity index (χ0n) is 10.8. The Kier molecular flexibility index (Phi) is 4.20. The van der Waals surface area contributed by atoms with Crippen LogP contribution in [0.25, 0.3) is 0 Å². The van der Waals surface area contributed by atoms with E-state index in [1.807, 2.05) is 18.2 Å². The number of hydrogen-bond donors (Lipinski definition) is 1. The Morgan fingerprint density at radius 3 is 2.89 bits per heavy atom. The summed E-state index contributed by atoms with van der Waals surface area (Å²) >= 11 is 0. The molecule has 1 aromatic carbocycles. The van der Waals surface area contributed by atoms with Crippen molar-refractivity contribution in [2.45, 2.75) is 25.8 Å². The van der Waals surface area contributed by atoms with Crippen molar-refractivity contribution in [1.29, 1.82) is 0 Å². The van der Waals surface area contributed by atoms with Crippen LogP contribution in [0.3, 0.4) is 0 Å². The van der Waals surface area contributed by atoms with Gasteiger partial charge in [-0.05, 0) is 23.6 Å². The molecule has 0 unspecified atom stereocenters. The third kappa shape index (κ3) is 3.47. The number of rotatable bonds is 5. The summed E-state index contributed by atoms with van der Waals surface area (Å²) in [5, 5.41) is 2.84. The average Bonchev–Trinajstić information content (AvgIpc) is 2.31. The minimum absolute atomic E-state index is 0.0536. The van der Waals surface area contributed by atoms with Gasteiger partial charge in [0.05, 0.1) is 19.3 Å². The summed E-state index contributed by atoms with van der Waals surface area (Å²) in [5.41, 5.74) is 1.21. The van der Waals surface area contributed by atoms with Gasteiger partial charge in [-0.2, -0.15) is 0 Å². The standard InChI is InChI=1S/C14H19NO3/c1-10(2)11-4-3-5-13(6-11)18-9-14(16)15-12-7-17-8-12/h3-6,10,12H,7-9H2,1-2H3,(H,15,16). The molecule has 4 nitrogen and oxygen atoms in total. The summed E-state index contributed by atoms with van der Waals surface area (Å²) in [5.74, 6) is 1.09. The molecule has 1 aliphatic rings. The van der Waals surface area contributed by atoms with Gasteiger partial charge in [-0.15, -0.1) is 0 Å². The van der Waals surface area contributed by atoms with Gasteiger partial charge in [0.15, 0.2) is 6.61 Å². The first kappa shape index (κ1) is 12.9. The van der Waals surface area contributed by atoms with Gasteiger partial charge < -0.3 is 14.8 Å². The molecule has 1 aromatic rings. The summed E-state index contributed by atoms with van der Waals surface area (Å²) in [6, 6.07) is 8.00. The van der Waals surface area contributed by atoms with Gasteiger partial charge in [0.25, 0.3) is 5.91 Å². The zero-order chi connectivity index (χ0) is 13.0. The molecule has 4 heteroatoms. The van der Waals surface area contributed by atoms with Crippen LogP contribution in [0.4, 0.5) is 0 Å². The molecule has 98 valence electrons. The van der Waals surface area contributed by atoms with Gasteiger partial charge >= 0.3 is 0 Å². The predicted octanol–water partition coefficient (Wildman–Crippen LogP) is 1.70. The van der Waals surface area contributed by atoms with Crippen LogP contribution in [0, 0.1) is 0 Å². The highest BCUT2D eigenvalue weighted by atomic mass is 16.5. The second-order valence-corrected chi connectivity index (χ2v) is 4.82. The van der Waals surface area contributed by atoms with Crippen LogP contribution in [-0.2, 0) is 9.53 Å². The maximum atomic E-state index is 11.5. The minimum Gasteiger partial charge on any atom is -0.484 e. The Hall–Kier alpha value is -1.55. The normalized spacial score (nSPS) is 15.3. The highest BCUT2D eigenvalue weighted by Crippen LogP contribution is 2.19. The molecule has 2 rings (SSSR count). The molecule has 1 heterocycles. The quantitative estimate of drug-likeness (QED) is 0.864. The number of carbonyl (C=O) groups excluding carboxylic acids is 1. The van der Waals surface area contributed by atoms with Crippen molar-refractivity contribution in [3.63, 3.8) is 0 Å². The van der Waals surface area contributed by atoms with E-state index >= 15 is 0 Å². The lowest BCUT2D eigenvalue weighted by atomic mass is 10.0. The summed E-state index contributed by atoms with van der Waals surface area (Å²) in [6.07, 6.45) is 0.